The van der Waals surface area contributed by atoms with E-state index in [2.05, 4.69) is 6.92 Å². The van der Waals surface area contributed by atoms with E-state index in [4.69, 9.17) is 4.74 Å². The van der Waals surface area contributed by atoms with E-state index in [1.165, 1.54) is 19.3 Å². The number of hydrogen-bond donors (Lipinski definition) is 0. The first kappa shape index (κ1) is 10.2. The molecule has 80 valence electrons. The lowest BCUT2D eigenvalue weighted by Gasteiger charge is -2.25. The average molecular weight is 196 g/mol. The minimum atomic E-state index is 0.331. The Hall–Kier alpha value is -0.370. The number of ether oxygens (including phenoxy) is 1. The molecule has 0 aromatic heterocycles. The van der Waals surface area contributed by atoms with Gasteiger partial charge in [-0.3, -0.25) is 4.79 Å². The Labute approximate surface area is 86.0 Å². The maximum atomic E-state index is 11.4. The van der Waals surface area contributed by atoms with Gasteiger partial charge in [-0.05, 0) is 37.5 Å². The van der Waals surface area contributed by atoms with Crippen molar-refractivity contribution in [3.05, 3.63) is 0 Å². The molecule has 14 heavy (non-hydrogen) atoms. The Balaban J connectivity index is 1.81. The maximum Gasteiger partial charge on any atom is 0.135 e. The van der Waals surface area contributed by atoms with Gasteiger partial charge in [0.05, 0.1) is 0 Å². The molecular formula is C12H20O2. The summed E-state index contributed by atoms with van der Waals surface area (Å²) in [6.07, 6.45) is 5.64. The fourth-order valence-corrected chi connectivity index (χ4v) is 2.80. The highest BCUT2D eigenvalue weighted by Crippen LogP contribution is 2.35. The summed E-state index contributed by atoms with van der Waals surface area (Å²) >= 11 is 0. The smallest absolute Gasteiger partial charge is 0.135 e. The van der Waals surface area contributed by atoms with Gasteiger partial charge >= 0.3 is 0 Å². The zero-order chi connectivity index (χ0) is 9.97. The Morgan fingerprint density at radius 2 is 2.00 bits per heavy atom. The lowest BCUT2D eigenvalue weighted by Crippen LogP contribution is -2.20. The second-order valence-corrected chi connectivity index (χ2v) is 4.85. The van der Waals surface area contributed by atoms with Gasteiger partial charge in [0.15, 0.2) is 0 Å². The molecule has 0 radical (unpaired) electrons. The van der Waals surface area contributed by atoms with Gasteiger partial charge in [0.1, 0.15) is 5.78 Å². The topological polar surface area (TPSA) is 26.3 Å². The highest BCUT2D eigenvalue weighted by Gasteiger charge is 2.32. The van der Waals surface area contributed by atoms with E-state index < -0.39 is 0 Å². The Kier molecular flexibility index (Phi) is 3.22. The van der Waals surface area contributed by atoms with Crippen LogP contribution in [0.1, 0.15) is 39.0 Å². The van der Waals surface area contributed by atoms with E-state index in [9.17, 15) is 4.79 Å². The predicted octanol–water partition coefficient (Wildman–Crippen LogP) is 2.42. The molecule has 0 amide bonds. The average Bonchev–Trinajstić information content (AvgIpc) is 2.52. The fraction of sp³-hybridized carbons (Fsp3) is 0.917. The van der Waals surface area contributed by atoms with Crippen LogP contribution in [0.5, 0.6) is 0 Å². The van der Waals surface area contributed by atoms with E-state index >= 15 is 0 Å². The van der Waals surface area contributed by atoms with Gasteiger partial charge in [-0.1, -0.05) is 6.92 Å². The number of carbonyl (C=O) groups is 1. The van der Waals surface area contributed by atoms with Crippen LogP contribution in [0.3, 0.4) is 0 Å². The van der Waals surface area contributed by atoms with Crippen molar-refractivity contribution < 1.29 is 9.53 Å². The van der Waals surface area contributed by atoms with Crippen LogP contribution in [0.4, 0.5) is 0 Å². The van der Waals surface area contributed by atoms with Crippen molar-refractivity contribution in [2.45, 2.75) is 39.0 Å². The minimum Gasteiger partial charge on any atom is -0.381 e. The van der Waals surface area contributed by atoms with Crippen molar-refractivity contribution in [2.24, 2.45) is 17.8 Å². The van der Waals surface area contributed by atoms with E-state index in [1.807, 2.05) is 0 Å². The molecule has 2 aliphatic rings. The van der Waals surface area contributed by atoms with Crippen molar-refractivity contribution in [3.8, 4) is 0 Å². The van der Waals surface area contributed by atoms with Crippen LogP contribution in [-0.2, 0) is 9.53 Å². The Morgan fingerprint density at radius 3 is 2.57 bits per heavy atom. The molecule has 1 aliphatic carbocycles. The second-order valence-electron chi connectivity index (χ2n) is 4.85. The van der Waals surface area contributed by atoms with Crippen LogP contribution in [0, 0.1) is 17.8 Å². The first-order valence-electron chi connectivity index (χ1n) is 5.88. The normalized spacial score (nSPS) is 35.1. The van der Waals surface area contributed by atoms with Gasteiger partial charge in [0, 0.05) is 25.6 Å². The molecule has 1 saturated carbocycles. The van der Waals surface area contributed by atoms with Crippen molar-refractivity contribution in [1.82, 2.24) is 0 Å². The van der Waals surface area contributed by atoms with Gasteiger partial charge in [0.2, 0.25) is 0 Å². The fourth-order valence-electron chi connectivity index (χ4n) is 2.80. The van der Waals surface area contributed by atoms with Crippen LogP contribution in [0.15, 0.2) is 0 Å². The quantitative estimate of drug-likeness (QED) is 0.678. The molecule has 2 unspecified atom stereocenters. The lowest BCUT2D eigenvalue weighted by molar-refractivity contribution is -0.120. The highest BCUT2D eigenvalue weighted by atomic mass is 16.5. The third kappa shape index (κ3) is 2.17. The molecular weight excluding hydrogens is 176 g/mol. The predicted molar refractivity (Wildman–Crippen MR) is 55.1 cm³/mol. The number of ketones is 1. The Bertz CT molecular complexity index is 206. The summed E-state index contributed by atoms with van der Waals surface area (Å²) in [5.41, 5.74) is 0. The molecule has 0 aromatic carbocycles. The third-order valence-corrected chi connectivity index (χ3v) is 3.95. The molecule has 2 atom stereocenters. The SMILES string of the molecule is CC1C(=O)CCC1CC1CCOCC1. The van der Waals surface area contributed by atoms with Crippen LogP contribution in [0.25, 0.3) is 0 Å². The molecule has 2 heteroatoms. The first-order chi connectivity index (χ1) is 6.77. The van der Waals surface area contributed by atoms with Crippen LogP contribution in [-0.4, -0.2) is 19.0 Å². The van der Waals surface area contributed by atoms with Crippen LogP contribution < -0.4 is 0 Å². The van der Waals surface area contributed by atoms with Crippen molar-refractivity contribution in [2.75, 3.05) is 13.2 Å². The molecule has 2 rings (SSSR count). The van der Waals surface area contributed by atoms with Gasteiger partial charge in [-0.25, -0.2) is 0 Å². The molecule has 1 heterocycles. The van der Waals surface area contributed by atoms with Crippen molar-refractivity contribution >= 4 is 5.78 Å². The molecule has 1 aliphatic heterocycles. The van der Waals surface area contributed by atoms with Crippen LogP contribution >= 0.6 is 0 Å². The molecule has 0 aromatic rings. The molecule has 0 N–H and O–H groups in total. The molecule has 0 bridgehead atoms. The lowest BCUT2D eigenvalue weighted by atomic mass is 9.84. The van der Waals surface area contributed by atoms with E-state index in [1.54, 1.807) is 0 Å². The summed E-state index contributed by atoms with van der Waals surface area (Å²) in [7, 11) is 0. The van der Waals surface area contributed by atoms with E-state index in [0.717, 1.165) is 32.0 Å². The summed E-state index contributed by atoms with van der Waals surface area (Å²) in [6, 6.07) is 0. The third-order valence-electron chi connectivity index (χ3n) is 3.95. The Morgan fingerprint density at radius 1 is 1.29 bits per heavy atom. The number of hydrogen-bond acceptors (Lipinski definition) is 2. The number of rotatable bonds is 2. The summed E-state index contributed by atoms with van der Waals surface area (Å²) in [5, 5.41) is 0. The number of carbonyl (C=O) groups excluding carboxylic acids is 1. The van der Waals surface area contributed by atoms with Gasteiger partial charge in [-0.2, -0.15) is 0 Å². The van der Waals surface area contributed by atoms with Crippen molar-refractivity contribution in [3.63, 3.8) is 0 Å². The van der Waals surface area contributed by atoms with Gasteiger partial charge in [0.25, 0.3) is 0 Å². The largest absolute Gasteiger partial charge is 0.381 e. The minimum absolute atomic E-state index is 0.331. The standard InChI is InChI=1S/C12H20O2/c1-9-11(2-3-12(9)13)8-10-4-6-14-7-5-10/h9-11H,2-8H2,1H3. The van der Waals surface area contributed by atoms with E-state index in [0.29, 0.717) is 17.6 Å². The van der Waals surface area contributed by atoms with Crippen molar-refractivity contribution in [1.29, 1.82) is 0 Å². The summed E-state index contributed by atoms with van der Waals surface area (Å²) in [4.78, 5) is 11.4. The monoisotopic (exact) mass is 196 g/mol. The maximum absolute atomic E-state index is 11.4. The van der Waals surface area contributed by atoms with Gasteiger partial charge in [-0.15, -0.1) is 0 Å². The second kappa shape index (κ2) is 4.43. The van der Waals surface area contributed by atoms with Gasteiger partial charge < -0.3 is 4.74 Å². The number of Topliss-reactive ketones (excluding diaryl/α,β-unsaturated/α-hetero) is 1. The van der Waals surface area contributed by atoms with E-state index in [-0.39, 0.29) is 0 Å². The summed E-state index contributed by atoms with van der Waals surface area (Å²) in [5.74, 6) is 2.31. The zero-order valence-corrected chi connectivity index (χ0v) is 9.00. The van der Waals surface area contributed by atoms with Crippen LogP contribution in [0.2, 0.25) is 0 Å². The molecule has 2 nitrogen and oxygen atoms in total. The molecule has 2 fully saturated rings. The molecule has 1 saturated heterocycles. The zero-order valence-electron chi connectivity index (χ0n) is 9.00. The highest BCUT2D eigenvalue weighted by molar-refractivity contribution is 5.82. The summed E-state index contributed by atoms with van der Waals surface area (Å²) in [6.45, 7) is 3.97. The molecule has 0 spiro atoms. The first-order valence-corrected chi connectivity index (χ1v) is 5.88. The summed E-state index contributed by atoms with van der Waals surface area (Å²) < 4.78 is 5.35.